The fourth-order valence-electron chi connectivity index (χ4n) is 2.33. The third-order valence-corrected chi connectivity index (χ3v) is 3.49. The number of hydrogen-bond donors (Lipinski definition) is 3. The molecule has 3 aromatic rings. The Bertz CT molecular complexity index is 971. The maximum absolute atomic E-state index is 8.74. The lowest BCUT2D eigenvalue weighted by atomic mass is 10.2. The van der Waals surface area contributed by atoms with Crippen LogP contribution >= 0.6 is 0 Å². The van der Waals surface area contributed by atoms with E-state index in [1.54, 1.807) is 0 Å². The van der Waals surface area contributed by atoms with Gasteiger partial charge in [-0.3, -0.25) is 9.11 Å². The molecule has 0 aliphatic rings. The zero-order valence-electron chi connectivity index (χ0n) is 15.1. The number of benzene rings is 2. The summed E-state index contributed by atoms with van der Waals surface area (Å²) in [4.78, 5) is 11.6. The number of anilines is 1. The van der Waals surface area contributed by atoms with E-state index >= 15 is 0 Å². The van der Waals surface area contributed by atoms with Gasteiger partial charge in [-0.25, -0.2) is 9.97 Å². The first kappa shape index (κ1) is 20.7. The molecule has 0 bridgehead atoms. The molecular formula is C18H22N4O4S. The number of rotatable bonds is 5. The Morgan fingerprint density at radius 3 is 2.19 bits per heavy atom. The molecular weight excluding hydrogens is 368 g/mol. The first-order chi connectivity index (χ1) is 12.7. The van der Waals surface area contributed by atoms with Crippen molar-refractivity contribution in [3.05, 3.63) is 54.6 Å². The highest BCUT2D eigenvalue weighted by molar-refractivity contribution is 7.79. The minimum absolute atomic E-state index is 0.756. The van der Waals surface area contributed by atoms with Crippen LogP contribution in [0.15, 0.2) is 54.6 Å². The van der Waals surface area contributed by atoms with Crippen molar-refractivity contribution >= 4 is 27.1 Å². The molecule has 9 heteroatoms. The Kier molecular flexibility index (Phi) is 7.19. The molecule has 2 aromatic carbocycles. The summed E-state index contributed by atoms with van der Waals surface area (Å²) in [5.41, 5.74) is 1.99. The van der Waals surface area contributed by atoms with Crippen LogP contribution in [-0.4, -0.2) is 59.6 Å². The number of para-hydroxylation sites is 1. The van der Waals surface area contributed by atoms with Crippen molar-refractivity contribution in [2.45, 2.75) is 0 Å². The van der Waals surface area contributed by atoms with Crippen LogP contribution < -0.4 is 5.32 Å². The smallest absolute Gasteiger partial charge is 0.368 e. The molecule has 27 heavy (non-hydrogen) atoms. The van der Waals surface area contributed by atoms with Gasteiger partial charge in [0.05, 0.1) is 5.52 Å². The van der Waals surface area contributed by atoms with Crippen LogP contribution in [0.5, 0.6) is 0 Å². The summed E-state index contributed by atoms with van der Waals surface area (Å²) in [6, 6.07) is 18.2. The van der Waals surface area contributed by atoms with Gasteiger partial charge in [-0.05, 0) is 26.2 Å². The molecule has 8 nitrogen and oxygen atoms in total. The van der Waals surface area contributed by atoms with Gasteiger partial charge in [0.1, 0.15) is 5.82 Å². The molecule has 3 N–H and O–H groups in total. The zero-order chi connectivity index (χ0) is 19.9. The summed E-state index contributed by atoms with van der Waals surface area (Å²) in [6.45, 7) is 1.81. The van der Waals surface area contributed by atoms with E-state index in [1.165, 1.54) is 0 Å². The van der Waals surface area contributed by atoms with Gasteiger partial charge in [-0.2, -0.15) is 8.42 Å². The van der Waals surface area contributed by atoms with Crippen LogP contribution in [0.25, 0.3) is 22.3 Å². The fraction of sp³-hybridized carbons (Fsp3) is 0.222. The van der Waals surface area contributed by atoms with Gasteiger partial charge in [-0.1, -0.05) is 42.5 Å². The minimum atomic E-state index is -4.67. The van der Waals surface area contributed by atoms with Gasteiger partial charge < -0.3 is 10.2 Å². The maximum atomic E-state index is 8.74. The Morgan fingerprint density at radius 2 is 1.56 bits per heavy atom. The van der Waals surface area contributed by atoms with Gasteiger partial charge in [0, 0.05) is 24.0 Å². The lowest BCUT2D eigenvalue weighted by molar-refractivity contribution is 0.381. The van der Waals surface area contributed by atoms with Crippen LogP contribution in [0.3, 0.4) is 0 Å². The van der Waals surface area contributed by atoms with Gasteiger partial charge in [0.2, 0.25) is 0 Å². The van der Waals surface area contributed by atoms with Gasteiger partial charge in [0.25, 0.3) is 0 Å². The van der Waals surface area contributed by atoms with Crippen molar-refractivity contribution in [2.75, 3.05) is 32.5 Å². The zero-order valence-corrected chi connectivity index (χ0v) is 15.9. The van der Waals surface area contributed by atoms with Crippen LogP contribution in [0, 0.1) is 0 Å². The van der Waals surface area contributed by atoms with Crippen molar-refractivity contribution in [3.8, 4) is 11.4 Å². The van der Waals surface area contributed by atoms with E-state index in [0.717, 1.165) is 41.2 Å². The first-order valence-corrected chi connectivity index (χ1v) is 9.54. The highest BCUT2D eigenvalue weighted by atomic mass is 32.3. The monoisotopic (exact) mass is 390 g/mol. The summed E-state index contributed by atoms with van der Waals surface area (Å²) in [5, 5.41) is 4.49. The van der Waals surface area contributed by atoms with Crippen LogP contribution in [0.4, 0.5) is 5.82 Å². The van der Waals surface area contributed by atoms with E-state index in [1.807, 2.05) is 48.5 Å². The Hall–Kier alpha value is -2.59. The number of aromatic nitrogens is 2. The molecule has 0 aliphatic carbocycles. The third kappa shape index (κ3) is 7.27. The molecule has 0 atom stereocenters. The quantitative estimate of drug-likeness (QED) is 0.570. The van der Waals surface area contributed by atoms with E-state index in [-0.39, 0.29) is 0 Å². The van der Waals surface area contributed by atoms with E-state index in [0.29, 0.717) is 0 Å². The van der Waals surface area contributed by atoms with Crippen molar-refractivity contribution in [3.63, 3.8) is 0 Å². The number of fused-ring (bicyclic) bond motifs is 1. The maximum Gasteiger partial charge on any atom is 0.394 e. The van der Waals surface area contributed by atoms with Crippen LogP contribution in [0.2, 0.25) is 0 Å². The van der Waals surface area contributed by atoms with Gasteiger partial charge in [0.15, 0.2) is 5.82 Å². The van der Waals surface area contributed by atoms with Crippen LogP contribution in [0.1, 0.15) is 0 Å². The topological polar surface area (TPSA) is 116 Å². The van der Waals surface area contributed by atoms with Crippen molar-refractivity contribution in [2.24, 2.45) is 0 Å². The van der Waals surface area contributed by atoms with E-state index in [9.17, 15) is 0 Å². The molecule has 0 saturated heterocycles. The molecule has 3 rings (SSSR count). The molecule has 0 fully saturated rings. The van der Waals surface area contributed by atoms with Crippen LogP contribution in [-0.2, 0) is 10.4 Å². The average molecular weight is 390 g/mol. The molecule has 0 spiro atoms. The lowest BCUT2D eigenvalue weighted by Crippen LogP contribution is -2.21. The number of nitrogens with one attached hydrogen (secondary N) is 1. The fourth-order valence-corrected chi connectivity index (χ4v) is 2.33. The standard InChI is InChI=1S/C18H20N4.H2O4S/c1-22(2)13-12-19-18-15-10-6-7-11-16(15)20-17(21-18)14-8-4-3-5-9-14;1-5(2,3)4/h3-11H,12-13H2,1-2H3,(H,19,20,21);(H2,1,2,3,4). The Labute approximate surface area is 158 Å². The highest BCUT2D eigenvalue weighted by Gasteiger charge is 2.08. The molecule has 0 radical (unpaired) electrons. The normalized spacial score (nSPS) is 11.1. The predicted molar refractivity (Wildman–Crippen MR) is 106 cm³/mol. The lowest BCUT2D eigenvalue weighted by Gasteiger charge is -2.13. The molecule has 144 valence electrons. The number of likely N-dealkylation sites (N-methyl/N-ethyl adjacent to an activating group) is 1. The summed E-state index contributed by atoms with van der Waals surface area (Å²) in [6.07, 6.45) is 0. The average Bonchev–Trinajstić information content (AvgIpc) is 2.60. The number of hydrogen-bond acceptors (Lipinski definition) is 6. The van der Waals surface area contributed by atoms with E-state index < -0.39 is 10.4 Å². The summed E-state index contributed by atoms with van der Waals surface area (Å²) >= 11 is 0. The molecule has 0 unspecified atom stereocenters. The second-order valence-corrected chi connectivity index (χ2v) is 6.85. The third-order valence-electron chi connectivity index (χ3n) is 3.49. The van der Waals surface area contributed by atoms with Crippen molar-refractivity contribution in [1.82, 2.24) is 14.9 Å². The summed E-state index contributed by atoms with van der Waals surface area (Å²) < 4.78 is 31.6. The first-order valence-electron chi connectivity index (χ1n) is 8.15. The van der Waals surface area contributed by atoms with Gasteiger partial charge in [-0.15, -0.1) is 0 Å². The number of nitrogens with zero attached hydrogens (tertiary/aromatic N) is 3. The molecule has 0 aliphatic heterocycles. The Morgan fingerprint density at radius 1 is 0.963 bits per heavy atom. The van der Waals surface area contributed by atoms with Crippen molar-refractivity contribution in [1.29, 1.82) is 0 Å². The van der Waals surface area contributed by atoms with E-state index in [2.05, 4.69) is 35.4 Å². The second-order valence-electron chi connectivity index (χ2n) is 5.96. The molecule has 1 aromatic heterocycles. The highest BCUT2D eigenvalue weighted by Crippen LogP contribution is 2.24. The molecule has 1 heterocycles. The van der Waals surface area contributed by atoms with Gasteiger partial charge >= 0.3 is 10.4 Å². The Balaban J connectivity index is 0.000000465. The molecule has 0 amide bonds. The SMILES string of the molecule is CN(C)CCNc1nc(-c2ccccc2)nc2ccccc12.O=S(=O)(O)O. The van der Waals surface area contributed by atoms with Crippen molar-refractivity contribution < 1.29 is 17.5 Å². The summed E-state index contributed by atoms with van der Waals surface area (Å²) in [5.74, 6) is 1.65. The minimum Gasteiger partial charge on any atom is -0.368 e. The predicted octanol–water partition coefficient (Wildman–Crippen LogP) is 2.62. The molecule has 0 saturated carbocycles. The summed E-state index contributed by atoms with van der Waals surface area (Å²) in [7, 11) is -0.537. The van der Waals surface area contributed by atoms with E-state index in [4.69, 9.17) is 22.5 Å². The second kappa shape index (κ2) is 9.38. The largest absolute Gasteiger partial charge is 0.394 e.